The minimum Gasteiger partial charge on any atom is -0.493 e. The van der Waals surface area contributed by atoms with E-state index in [2.05, 4.69) is 31.6 Å². The smallest absolute Gasteiger partial charge is 0.226 e. The topological polar surface area (TPSA) is 98.0 Å². The van der Waals surface area contributed by atoms with Crippen LogP contribution in [0.25, 0.3) is 0 Å². The van der Waals surface area contributed by atoms with Crippen LogP contribution in [0.3, 0.4) is 0 Å². The monoisotopic (exact) mass is 562 g/mol. The van der Waals surface area contributed by atoms with Crippen molar-refractivity contribution in [2.75, 3.05) is 31.4 Å². The molecule has 7 nitrogen and oxygen atoms in total. The molecule has 0 saturated heterocycles. The number of aliphatic imine (C=N–C) groups is 1. The first-order chi connectivity index (χ1) is 12.9. The van der Waals surface area contributed by atoms with Crippen molar-refractivity contribution in [3.8, 4) is 11.5 Å². The minimum atomic E-state index is -0.122. The van der Waals surface area contributed by atoms with Crippen molar-refractivity contribution in [2.45, 2.75) is 13.3 Å². The SMILES string of the molecule is COc1ccc(NC(N)=NCCC(=O)Nc2ccc(Br)cc2C)cc1OC.I. The highest BCUT2D eigenvalue weighted by molar-refractivity contribution is 14.0. The molecule has 0 bridgehead atoms. The number of benzene rings is 2. The molecule has 0 atom stereocenters. The molecule has 1 amide bonds. The van der Waals surface area contributed by atoms with Crippen LogP contribution < -0.4 is 25.8 Å². The second-order valence-corrected chi connectivity index (χ2v) is 6.63. The first kappa shape index (κ1) is 24.0. The lowest BCUT2D eigenvalue weighted by Gasteiger charge is -2.11. The maximum Gasteiger partial charge on any atom is 0.226 e. The molecule has 2 rings (SSSR count). The lowest BCUT2D eigenvalue weighted by Crippen LogP contribution is -2.23. The number of ether oxygens (including phenoxy) is 2. The standard InChI is InChI=1S/C19H23BrN4O3.HI/c1-12-10-13(20)4-6-15(12)24-18(25)8-9-22-19(21)23-14-5-7-16(26-2)17(11-14)27-3;/h4-7,10-11H,8-9H2,1-3H3,(H,24,25)(H3,21,22,23);1H. The van der Waals surface area contributed by atoms with Crippen LogP contribution in [0.2, 0.25) is 0 Å². The average molecular weight is 563 g/mol. The Morgan fingerprint density at radius 2 is 1.82 bits per heavy atom. The summed E-state index contributed by atoms with van der Waals surface area (Å²) >= 11 is 3.40. The molecule has 0 unspecified atom stereocenters. The molecule has 0 aliphatic heterocycles. The van der Waals surface area contributed by atoms with Crippen LogP contribution in [-0.4, -0.2) is 32.6 Å². The molecule has 0 radical (unpaired) electrons. The summed E-state index contributed by atoms with van der Waals surface area (Å²) in [5.41, 5.74) is 8.35. The summed E-state index contributed by atoms with van der Waals surface area (Å²) in [4.78, 5) is 16.2. The summed E-state index contributed by atoms with van der Waals surface area (Å²) in [5.74, 6) is 1.30. The second-order valence-electron chi connectivity index (χ2n) is 5.72. The van der Waals surface area contributed by atoms with Crippen molar-refractivity contribution in [3.63, 3.8) is 0 Å². The Morgan fingerprint density at radius 3 is 2.46 bits per heavy atom. The Bertz CT molecular complexity index is 846. The molecule has 0 saturated carbocycles. The van der Waals surface area contributed by atoms with E-state index < -0.39 is 0 Å². The van der Waals surface area contributed by atoms with E-state index in [9.17, 15) is 4.79 Å². The summed E-state index contributed by atoms with van der Waals surface area (Å²) in [5, 5.41) is 5.83. The molecule has 0 spiro atoms. The van der Waals surface area contributed by atoms with Gasteiger partial charge in [0.1, 0.15) is 0 Å². The average Bonchev–Trinajstić information content (AvgIpc) is 2.64. The fourth-order valence-electron chi connectivity index (χ4n) is 2.36. The Kier molecular flexibility index (Phi) is 10.1. The number of anilines is 2. The van der Waals surface area contributed by atoms with Gasteiger partial charge in [-0.15, -0.1) is 24.0 Å². The third kappa shape index (κ3) is 7.19. The quantitative estimate of drug-likeness (QED) is 0.267. The normalized spacial score (nSPS) is 10.6. The maximum absolute atomic E-state index is 12.1. The molecule has 0 aliphatic carbocycles. The number of guanidine groups is 1. The van der Waals surface area contributed by atoms with Crippen LogP contribution in [-0.2, 0) is 4.79 Å². The molecule has 0 aliphatic rings. The lowest BCUT2D eigenvalue weighted by molar-refractivity contribution is -0.116. The van der Waals surface area contributed by atoms with Gasteiger partial charge in [-0.25, -0.2) is 0 Å². The molecule has 152 valence electrons. The zero-order chi connectivity index (χ0) is 19.8. The largest absolute Gasteiger partial charge is 0.493 e. The predicted octanol–water partition coefficient (Wildman–Crippen LogP) is 4.15. The zero-order valence-electron chi connectivity index (χ0n) is 15.9. The third-order valence-corrected chi connectivity index (χ3v) is 4.23. The van der Waals surface area contributed by atoms with Gasteiger partial charge in [-0.2, -0.15) is 0 Å². The summed E-state index contributed by atoms with van der Waals surface area (Å²) < 4.78 is 11.4. The number of aryl methyl sites for hydroxylation is 1. The van der Waals surface area contributed by atoms with Crippen molar-refractivity contribution >= 4 is 63.1 Å². The van der Waals surface area contributed by atoms with E-state index in [1.54, 1.807) is 32.4 Å². The fraction of sp³-hybridized carbons (Fsp3) is 0.263. The van der Waals surface area contributed by atoms with Gasteiger partial charge in [-0.1, -0.05) is 15.9 Å². The maximum atomic E-state index is 12.1. The van der Waals surface area contributed by atoms with Crippen LogP contribution >= 0.6 is 39.9 Å². The number of nitrogens with two attached hydrogens (primary N) is 1. The summed E-state index contributed by atoms with van der Waals surface area (Å²) in [6.45, 7) is 2.21. The van der Waals surface area contributed by atoms with Gasteiger partial charge >= 0.3 is 0 Å². The van der Waals surface area contributed by atoms with Crippen LogP contribution in [0.4, 0.5) is 11.4 Å². The van der Waals surface area contributed by atoms with Crippen LogP contribution in [0, 0.1) is 6.92 Å². The Labute approximate surface area is 190 Å². The first-order valence-corrected chi connectivity index (χ1v) is 9.07. The zero-order valence-corrected chi connectivity index (χ0v) is 19.8. The number of hydrogen-bond donors (Lipinski definition) is 3. The van der Waals surface area contributed by atoms with E-state index in [1.165, 1.54) is 0 Å². The van der Waals surface area contributed by atoms with Gasteiger partial charge in [0, 0.05) is 28.3 Å². The molecule has 4 N–H and O–H groups in total. The van der Waals surface area contributed by atoms with Gasteiger partial charge in [-0.05, 0) is 42.8 Å². The van der Waals surface area contributed by atoms with Crippen molar-refractivity contribution in [3.05, 3.63) is 46.4 Å². The molecule has 2 aromatic rings. The molecule has 9 heteroatoms. The number of methoxy groups -OCH3 is 2. The van der Waals surface area contributed by atoms with Crippen molar-refractivity contribution < 1.29 is 14.3 Å². The highest BCUT2D eigenvalue weighted by Crippen LogP contribution is 2.29. The highest BCUT2D eigenvalue weighted by atomic mass is 127. The van der Waals surface area contributed by atoms with E-state index in [4.69, 9.17) is 15.2 Å². The van der Waals surface area contributed by atoms with Crippen LogP contribution in [0.5, 0.6) is 11.5 Å². The summed E-state index contributed by atoms with van der Waals surface area (Å²) in [7, 11) is 3.13. The number of halogens is 2. The van der Waals surface area contributed by atoms with E-state index in [0.717, 1.165) is 15.7 Å². The number of carbonyl (C=O) groups excluding carboxylic acids is 1. The van der Waals surface area contributed by atoms with E-state index in [0.29, 0.717) is 17.2 Å². The first-order valence-electron chi connectivity index (χ1n) is 8.28. The molecule has 0 aromatic heterocycles. The van der Waals surface area contributed by atoms with E-state index in [-0.39, 0.29) is 48.8 Å². The minimum absolute atomic E-state index is 0. The Morgan fingerprint density at radius 1 is 1.11 bits per heavy atom. The van der Waals surface area contributed by atoms with E-state index in [1.807, 2.05) is 25.1 Å². The molecule has 0 heterocycles. The Balaban J connectivity index is 0.00000392. The number of nitrogens with one attached hydrogen (secondary N) is 2. The van der Waals surface area contributed by atoms with Crippen LogP contribution in [0.15, 0.2) is 45.9 Å². The van der Waals surface area contributed by atoms with Crippen LogP contribution in [0.1, 0.15) is 12.0 Å². The van der Waals surface area contributed by atoms with Crippen molar-refractivity contribution in [2.24, 2.45) is 10.7 Å². The molecular weight excluding hydrogens is 539 g/mol. The molecular formula is C19H24BrIN4O3. The van der Waals surface area contributed by atoms with Gasteiger partial charge < -0.3 is 25.8 Å². The lowest BCUT2D eigenvalue weighted by atomic mass is 10.2. The summed E-state index contributed by atoms with van der Waals surface area (Å²) in [6, 6.07) is 11.0. The number of nitrogens with zero attached hydrogens (tertiary/aromatic N) is 1. The second kappa shape index (κ2) is 11.7. The summed E-state index contributed by atoms with van der Waals surface area (Å²) in [6.07, 6.45) is 0.226. The van der Waals surface area contributed by atoms with Gasteiger partial charge in [0.2, 0.25) is 5.91 Å². The van der Waals surface area contributed by atoms with Gasteiger partial charge in [0.15, 0.2) is 17.5 Å². The highest BCUT2D eigenvalue weighted by Gasteiger charge is 2.07. The van der Waals surface area contributed by atoms with Crippen molar-refractivity contribution in [1.29, 1.82) is 0 Å². The fourth-order valence-corrected chi connectivity index (χ4v) is 2.83. The van der Waals surface area contributed by atoms with Gasteiger partial charge in [-0.3, -0.25) is 9.79 Å². The number of hydrogen-bond acceptors (Lipinski definition) is 4. The van der Waals surface area contributed by atoms with Gasteiger partial charge in [0.05, 0.1) is 20.8 Å². The van der Waals surface area contributed by atoms with Gasteiger partial charge in [0.25, 0.3) is 0 Å². The third-order valence-electron chi connectivity index (χ3n) is 3.74. The molecule has 0 fully saturated rings. The number of carbonyl (C=O) groups is 1. The number of amides is 1. The molecule has 28 heavy (non-hydrogen) atoms. The number of rotatable bonds is 7. The predicted molar refractivity (Wildman–Crippen MR) is 127 cm³/mol. The van der Waals surface area contributed by atoms with E-state index >= 15 is 0 Å². The Hall–Kier alpha value is -2.01. The van der Waals surface area contributed by atoms with Crippen molar-refractivity contribution in [1.82, 2.24) is 0 Å². The molecule has 2 aromatic carbocycles.